The predicted molar refractivity (Wildman–Crippen MR) is 89.0 cm³/mol. The number of aryl methyl sites for hydroxylation is 1. The highest BCUT2D eigenvalue weighted by Crippen LogP contribution is 2.33. The summed E-state index contributed by atoms with van der Waals surface area (Å²) in [4.78, 5) is 3.82. The van der Waals surface area contributed by atoms with Crippen molar-refractivity contribution in [2.75, 3.05) is 26.2 Å². The molecule has 0 aliphatic carbocycles. The van der Waals surface area contributed by atoms with Crippen LogP contribution < -0.4 is 5.32 Å². The van der Waals surface area contributed by atoms with Crippen molar-refractivity contribution in [3.63, 3.8) is 0 Å². The molecule has 2 heterocycles. The molecule has 1 aromatic heterocycles. The van der Waals surface area contributed by atoms with E-state index in [1.54, 1.807) is 23.5 Å². The molecular weight excluding hydrogens is 307 g/mol. The van der Waals surface area contributed by atoms with Crippen LogP contribution in [0.25, 0.3) is 0 Å². The minimum absolute atomic E-state index is 0. The molecular formula is C16H20ClFN2S. The smallest absolute Gasteiger partial charge is 0.123 e. The van der Waals surface area contributed by atoms with Crippen LogP contribution in [-0.2, 0) is 0 Å². The zero-order valence-electron chi connectivity index (χ0n) is 12.0. The van der Waals surface area contributed by atoms with Gasteiger partial charge in [0.25, 0.3) is 0 Å². The third kappa shape index (κ3) is 3.64. The minimum atomic E-state index is -0.156. The number of nitrogens with zero attached hydrogens (tertiary/aromatic N) is 1. The maximum absolute atomic E-state index is 13.4. The zero-order valence-corrected chi connectivity index (χ0v) is 13.6. The summed E-state index contributed by atoms with van der Waals surface area (Å²) in [6.07, 6.45) is 0. The van der Waals surface area contributed by atoms with E-state index in [4.69, 9.17) is 0 Å². The van der Waals surface area contributed by atoms with Crippen LogP contribution in [0.5, 0.6) is 0 Å². The van der Waals surface area contributed by atoms with Gasteiger partial charge in [0.2, 0.25) is 0 Å². The van der Waals surface area contributed by atoms with E-state index in [0.717, 1.165) is 31.7 Å². The van der Waals surface area contributed by atoms with Gasteiger partial charge < -0.3 is 5.32 Å². The Labute approximate surface area is 135 Å². The zero-order chi connectivity index (χ0) is 13.9. The van der Waals surface area contributed by atoms with E-state index in [-0.39, 0.29) is 24.3 Å². The second-order valence-electron chi connectivity index (χ2n) is 5.20. The summed E-state index contributed by atoms with van der Waals surface area (Å²) >= 11 is 1.78. The summed E-state index contributed by atoms with van der Waals surface area (Å²) < 4.78 is 13.4. The van der Waals surface area contributed by atoms with Crippen LogP contribution in [0.15, 0.2) is 35.7 Å². The molecule has 0 spiro atoms. The molecule has 0 radical (unpaired) electrons. The number of piperazine rings is 1. The third-order valence-corrected chi connectivity index (χ3v) is 4.78. The largest absolute Gasteiger partial charge is 0.314 e. The Morgan fingerprint density at radius 3 is 2.62 bits per heavy atom. The average Bonchev–Trinajstić information content (AvgIpc) is 2.97. The van der Waals surface area contributed by atoms with Crippen molar-refractivity contribution in [1.82, 2.24) is 10.2 Å². The van der Waals surface area contributed by atoms with Gasteiger partial charge in [-0.3, -0.25) is 4.90 Å². The monoisotopic (exact) mass is 326 g/mol. The van der Waals surface area contributed by atoms with Gasteiger partial charge >= 0.3 is 0 Å². The first kappa shape index (κ1) is 16.4. The first-order chi connectivity index (χ1) is 9.75. The molecule has 0 amide bonds. The van der Waals surface area contributed by atoms with Gasteiger partial charge in [-0.25, -0.2) is 4.39 Å². The summed E-state index contributed by atoms with van der Waals surface area (Å²) in [5.74, 6) is -0.156. The molecule has 1 aliphatic heterocycles. The molecule has 3 rings (SSSR count). The number of rotatable bonds is 3. The van der Waals surface area contributed by atoms with Gasteiger partial charge in [-0.1, -0.05) is 12.1 Å². The summed E-state index contributed by atoms with van der Waals surface area (Å²) in [7, 11) is 0. The molecule has 0 bridgehead atoms. The molecule has 1 atom stereocenters. The van der Waals surface area contributed by atoms with Crippen LogP contribution >= 0.6 is 23.7 Å². The van der Waals surface area contributed by atoms with Crippen molar-refractivity contribution in [3.05, 3.63) is 57.5 Å². The summed E-state index contributed by atoms with van der Waals surface area (Å²) in [6, 6.07) is 9.67. The average molecular weight is 327 g/mol. The van der Waals surface area contributed by atoms with Crippen LogP contribution in [0, 0.1) is 12.7 Å². The van der Waals surface area contributed by atoms with E-state index >= 15 is 0 Å². The van der Waals surface area contributed by atoms with Gasteiger partial charge in [-0.2, -0.15) is 0 Å². The summed E-state index contributed by atoms with van der Waals surface area (Å²) in [6.45, 7) is 6.09. The SMILES string of the molecule is Cc1cc(F)ccc1[C@@H](c1cccs1)N1CCNCC1.Cl. The molecule has 0 saturated carbocycles. The number of halogens is 2. The number of hydrogen-bond acceptors (Lipinski definition) is 3. The molecule has 1 aromatic carbocycles. The Kier molecular flexibility index (Phi) is 5.76. The van der Waals surface area contributed by atoms with Crippen LogP contribution in [0.4, 0.5) is 4.39 Å². The maximum atomic E-state index is 13.4. The van der Waals surface area contributed by atoms with Crippen molar-refractivity contribution in [2.24, 2.45) is 0 Å². The molecule has 1 saturated heterocycles. The highest BCUT2D eigenvalue weighted by atomic mass is 35.5. The minimum Gasteiger partial charge on any atom is -0.314 e. The van der Waals surface area contributed by atoms with Gasteiger partial charge in [-0.15, -0.1) is 23.7 Å². The van der Waals surface area contributed by atoms with E-state index < -0.39 is 0 Å². The van der Waals surface area contributed by atoms with Crippen molar-refractivity contribution >= 4 is 23.7 Å². The van der Waals surface area contributed by atoms with Crippen molar-refractivity contribution in [3.8, 4) is 0 Å². The Balaban J connectivity index is 0.00000161. The quantitative estimate of drug-likeness (QED) is 0.927. The lowest BCUT2D eigenvalue weighted by Gasteiger charge is -2.35. The standard InChI is InChI=1S/C16H19FN2S.ClH/c1-12-11-13(17)4-5-14(12)16(15-3-2-10-20-15)19-8-6-18-7-9-19;/h2-5,10-11,16,18H,6-9H2,1H3;1H/t16-;/m0./s1. The fourth-order valence-corrected chi connectivity index (χ4v) is 3.74. The van der Waals surface area contributed by atoms with Gasteiger partial charge in [0.15, 0.2) is 0 Å². The van der Waals surface area contributed by atoms with Gasteiger partial charge in [-0.05, 0) is 41.6 Å². The van der Waals surface area contributed by atoms with E-state index in [1.807, 2.05) is 13.0 Å². The molecule has 114 valence electrons. The Bertz CT molecular complexity index is 568. The van der Waals surface area contributed by atoms with Crippen LogP contribution in [-0.4, -0.2) is 31.1 Å². The highest BCUT2D eigenvalue weighted by molar-refractivity contribution is 7.10. The Hall–Kier alpha value is -0.940. The first-order valence-electron chi connectivity index (χ1n) is 7.00. The molecule has 2 aromatic rings. The fourth-order valence-electron chi connectivity index (χ4n) is 2.86. The van der Waals surface area contributed by atoms with E-state index in [2.05, 4.69) is 27.7 Å². The molecule has 1 fully saturated rings. The van der Waals surface area contributed by atoms with Crippen molar-refractivity contribution in [2.45, 2.75) is 13.0 Å². The van der Waals surface area contributed by atoms with Gasteiger partial charge in [0, 0.05) is 31.1 Å². The predicted octanol–water partition coefficient (Wildman–Crippen LogP) is 3.61. The lowest BCUT2D eigenvalue weighted by molar-refractivity contribution is 0.200. The molecule has 5 heteroatoms. The fraction of sp³-hybridized carbons (Fsp3) is 0.375. The topological polar surface area (TPSA) is 15.3 Å². The molecule has 21 heavy (non-hydrogen) atoms. The Morgan fingerprint density at radius 1 is 1.24 bits per heavy atom. The van der Waals surface area contributed by atoms with Crippen LogP contribution in [0.2, 0.25) is 0 Å². The maximum Gasteiger partial charge on any atom is 0.123 e. The Morgan fingerprint density at radius 2 is 2.00 bits per heavy atom. The lowest BCUT2D eigenvalue weighted by atomic mass is 9.98. The van der Waals surface area contributed by atoms with Crippen LogP contribution in [0.3, 0.4) is 0 Å². The van der Waals surface area contributed by atoms with Crippen LogP contribution in [0.1, 0.15) is 22.0 Å². The summed E-state index contributed by atoms with van der Waals surface area (Å²) in [5.41, 5.74) is 2.25. The third-order valence-electron chi connectivity index (χ3n) is 3.86. The molecule has 1 N–H and O–H groups in total. The van der Waals surface area contributed by atoms with E-state index in [1.165, 1.54) is 10.4 Å². The highest BCUT2D eigenvalue weighted by Gasteiger charge is 2.25. The van der Waals surface area contributed by atoms with E-state index in [9.17, 15) is 4.39 Å². The second kappa shape index (κ2) is 7.36. The van der Waals surface area contributed by atoms with Gasteiger partial charge in [0.05, 0.1) is 6.04 Å². The number of benzene rings is 1. The normalized spacial score (nSPS) is 17.2. The number of hydrogen-bond donors (Lipinski definition) is 1. The first-order valence-corrected chi connectivity index (χ1v) is 7.88. The second-order valence-corrected chi connectivity index (χ2v) is 6.18. The van der Waals surface area contributed by atoms with Crippen molar-refractivity contribution < 1.29 is 4.39 Å². The molecule has 2 nitrogen and oxygen atoms in total. The van der Waals surface area contributed by atoms with E-state index in [0.29, 0.717) is 0 Å². The molecule has 1 aliphatic rings. The van der Waals surface area contributed by atoms with Gasteiger partial charge in [0.1, 0.15) is 5.82 Å². The summed E-state index contributed by atoms with van der Waals surface area (Å²) in [5, 5.41) is 5.51. The molecule has 0 unspecified atom stereocenters. The van der Waals surface area contributed by atoms with Crippen molar-refractivity contribution in [1.29, 1.82) is 0 Å². The number of thiophene rings is 1. The number of nitrogens with one attached hydrogen (secondary N) is 1. The lowest BCUT2D eigenvalue weighted by Crippen LogP contribution is -2.45.